The lowest BCUT2D eigenvalue weighted by molar-refractivity contribution is -0.138. The standard InChI is InChI=1S/C15H17N3O2/c1-3-6-18-14(19)8-13(15(18)20)17-12-7-11(9-16)5-4-10(12)2/h4-5,7,13,17H,3,6,8H2,1-2H3. The third-order valence-corrected chi connectivity index (χ3v) is 3.39. The number of carbonyl (C=O) groups is 2. The zero-order valence-corrected chi connectivity index (χ0v) is 11.6. The first kappa shape index (κ1) is 14.1. The molecular formula is C15H17N3O2. The molecule has 1 fully saturated rings. The molecule has 5 heteroatoms. The lowest BCUT2D eigenvalue weighted by atomic mass is 10.1. The van der Waals surface area contributed by atoms with Crippen LogP contribution in [0.5, 0.6) is 0 Å². The van der Waals surface area contributed by atoms with Crippen molar-refractivity contribution in [2.24, 2.45) is 0 Å². The third-order valence-electron chi connectivity index (χ3n) is 3.39. The van der Waals surface area contributed by atoms with Gasteiger partial charge >= 0.3 is 0 Å². The van der Waals surface area contributed by atoms with Gasteiger partial charge in [0.2, 0.25) is 5.91 Å². The predicted molar refractivity (Wildman–Crippen MR) is 74.9 cm³/mol. The van der Waals surface area contributed by atoms with Crippen molar-refractivity contribution in [3.8, 4) is 6.07 Å². The van der Waals surface area contributed by atoms with E-state index < -0.39 is 6.04 Å². The highest BCUT2D eigenvalue weighted by molar-refractivity contribution is 6.06. The van der Waals surface area contributed by atoms with Crippen LogP contribution in [0.4, 0.5) is 5.69 Å². The fourth-order valence-electron chi connectivity index (χ4n) is 2.29. The predicted octanol–water partition coefficient (Wildman–Crippen LogP) is 1.82. The van der Waals surface area contributed by atoms with Crippen molar-refractivity contribution in [1.29, 1.82) is 5.26 Å². The van der Waals surface area contributed by atoms with E-state index >= 15 is 0 Å². The first-order valence-corrected chi connectivity index (χ1v) is 6.68. The van der Waals surface area contributed by atoms with Crippen LogP contribution in [0.3, 0.4) is 0 Å². The molecule has 0 aromatic heterocycles. The van der Waals surface area contributed by atoms with E-state index in [1.54, 1.807) is 12.1 Å². The number of nitrogens with one attached hydrogen (secondary N) is 1. The number of carbonyl (C=O) groups excluding carboxylic acids is 2. The van der Waals surface area contributed by atoms with Gasteiger partial charge < -0.3 is 5.32 Å². The van der Waals surface area contributed by atoms with E-state index in [9.17, 15) is 9.59 Å². The Hall–Kier alpha value is -2.35. The number of likely N-dealkylation sites (tertiary alicyclic amines) is 1. The topological polar surface area (TPSA) is 73.2 Å². The first-order valence-electron chi connectivity index (χ1n) is 6.68. The number of imide groups is 1. The van der Waals surface area contributed by atoms with E-state index in [0.29, 0.717) is 12.1 Å². The van der Waals surface area contributed by atoms with Gasteiger partial charge in [-0.2, -0.15) is 5.26 Å². The molecule has 2 rings (SSSR count). The van der Waals surface area contributed by atoms with Gasteiger partial charge in [0.25, 0.3) is 5.91 Å². The summed E-state index contributed by atoms with van der Waals surface area (Å²) in [6.45, 7) is 4.30. The quantitative estimate of drug-likeness (QED) is 0.848. The van der Waals surface area contributed by atoms with Gasteiger partial charge in [0.05, 0.1) is 18.1 Å². The molecule has 5 nitrogen and oxygen atoms in total. The van der Waals surface area contributed by atoms with Gasteiger partial charge in [-0.1, -0.05) is 13.0 Å². The zero-order valence-electron chi connectivity index (χ0n) is 11.6. The van der Waals surface area contributed by atoms with Gasteiger partial charge in [0, 0.05) is 12.2 Å². The number of anilines is 1. The molecule has 1 aliphatic heterocycles. The van der Waals surface area contributed by atoms with E-state index in [0.717, 1.165) is 17.7 Å². The highest BCUT2D eigenvalue weighted by Crippen LogP contribution is 2.22. The van der Waals surface area contributed by atoms with Crippen LogP contribution in [0.1, 0.15) is 30.9 Å². The molecule has 1 aromatic rings. The summed E-state index contributed by atoms with van der Waals surface area (Å²) in [5.74, 6) is -0.318. The van der Waals surface area contributed by atoms with E-state index in [1.807, 2.05) is 19.9 Å². The fourth-order valence-corrected chi connectivity index (χ4v) is 2.29. The summed E-state index contributed by atoms with van der Waals surface area (Å²) in [5, 5.41) is 12.0. The largest absolute Gasteiger partial charge is 0.373 e. The molecule has 1 aromatic carbocycles. The van der Waals surface area contributed by atoms with Crippen molar-refractivity contribution >= 4 is 17.5 Å². The molecule has 0 saturated carbocycles. The summed E-state index contributed by atoms with van der Waals surface area (Å²) >= 11 is 0. The number of hydrogen-bond acceptors (Lipinski definition) is 4. The normalized spacial score (nSPS) is 18.2. The van der Waals surface area contributed by atoms with Gasteiger partial charge in [-0.15, -0.1) is 0 Å². The van der Waals surface area contributed by atoms with Crippen LogP contribution >= 0.6 is 0 Å². The average molecular weight is 271 g/mol. The van der Waals surface area contributed by atoms with Crippen LogP contribution in [-0.4, -0.2) is 29.3 Å². The molecule has 1 aliphatic rings. The van der Waals surface area contributed by atoms with E-state index in [4.69, 9.17) is 5.26 Å². The van der Waals surface area contributed by atoms with Gasteiger partial charge in [-0.3, -0.25) is 14.5 Å². The lowest BCUT2D eigenvalue weighted by Gasteiger charge is -2.16. The number of nitriles is 1. The summed E-state index contributed by atoms with van der Waals surface area (Å²) in [5.41, 5.74) is 2.20. The summed E-state index contributed by atoms with van der Waals surface area (Å²) in [7, 11) is 0. The van der Waals surface area contributed by atoms with Crippen molar-refractivity contribution in [1.82, 2.24) is 4.90 Å². The summed E-state index contributed by atoms with van der Waals surface area (Å²) in [4.78, 5) is 25.3. The maximum Gasteiger partial charge on any atom is 0.252 e. The van der Waals surface area contributed by atoms with Gasteiger partial charge in [0.1, 0.15) is 6.04 Å². The maximum absolute atomic E-state index is 12.2. The summed E-state index contributed by atoms with van der Waals surface area (Å²) in [6, 6.07) is 6.80. The average Bonchev–Trinajstić information content (AvgIpc) is 2.69. The van der Waals surface area contributed by atoms with Crippen molar-refractivity contribution in [3.05, 3.63) is 29.3 Å². The zero-order chi connectivity index (χ0) is 14.7. The summed E-state index contributed by atoms with van der Waals surface area (Å²) < 4.78 is 0. The van der Waals surface area contributed by atoms with Crippen LogP contribution in [0.25, 0.3) is 0 Å². The Bertz CT molecular complexity index is 589. The van der Waals surface area contributed by atoms with Crippen molar-refractivity contribution in [3.63, 3.8) is 0 Å². The van der Waals surface area contributed by atoms with Crippen molar-refractivity contribution in [2.45, 2.75) is 32.7 Å². The number of hydrogen-bond donors (Lipinski definition) is 1. The van der Waals surface area contributed by atoms with Gasteiger partial charge in [-0.05, 0) is 31.0 Å². The van der Waals surface area contributed by atoms with Gasteiger partial charge in [0.15, 0.2) is 0 Å². The molecule has 0 spiro atoms. The second kappa shape index (κ2) is 5.74. The number of nitrogens with zero attached hydrogens (tertiary/aromatic N) is 2. The fraction of sp³-hybridized carbons (Fsp3) is 0.400. The highest BCUT2D eigenvalue weighted by Gasteiger charge is 2.37. The second-order valence-electron chi connectivity index (χ2n) is 4.93. The van der Waals surface area contributed by atoms with Crippen LogP contribution in [0, 0.1) is 18.3 Å². The van der Waals surface area contributed by atoms with Crippen molar-refractivity contribution < 1.29 is 9.59 Å². The molecule has 1 N–H and O–H groups in total. The molecule has 1 saturated heterocycles. The Labute approximate surface area is 118 Å². The minimum absolute atomic E-state index is 0.136. The van der Waals surface area contributed by atoms with Crippen LogP contribution in [-0.2, 0) is 9.59 Å². The molecule has 20 heavy (non-hydrogen) atoms. The van der Waals surface area contributed by atoms with Crippen LogP contribution in [0.2, 0.25) is 0 Å². The minimum atomic E-state index is -0.526. The number of benzene rings is 1. The monoisotopic (exact) mass is 271 g/mol. The molecule has 0 bridgehead atoms. The molecule has 104 valence electrons. The van der Waals surface area contributed by atoms with E-state index in [-0.39, 0.29) is 18.2 Å². The molecule has 1 atom stereocenters. The molecule has 2 amide bonds. The molecule has 0 aliphatic carbocycles. The first-order chi connectivity index (χ1) is 9.56. The Balaban J connectivity index is 2.17. The number of amides is 2. The Morgan fingerprint density at radius 1 is 1.45 bits per heavy atom. The van der Waals surface area contributed by atoms with E-state index in [1.165, 1.54) is 4.90 Å². The minimum Gasteiger partial charge on any atom is -0.373 e. The lowest BCUT2D eigenvalue weighted by Crippen LogP contribution is -2.35. The molecule has 1 heterocycles. The molecule has 0 radical (unpaired) electrons. The third kappa shape index (κ3) is 2.64. The number of rotatable bonds is 4. The Morgan fingerprint density at radius 3 is 2.85 bits per heavy atom. The second-order valence-corrected chi connectivity index (χ2v) is 4.93. The smallest absolute Gasteiger partial charge is 0.252 e. The maximum atomic E-state index is 12.2. The van der Waals surface area contributed by atoms with Gasteiger partial charge in [-0.25, -0.2) is 0 Å². The number of aryl methyl sites for hydroxylation is 1. The van der Waals surface area contributed by atoms with E-state index in [2.05, 4.69) is 11.4 Å². The van der Waals surface area contributed by atoms with Crippen LogP contribution < -0.4 is 5.32 Å². The van der Waals surface area contributed by atoms with Crippen molar-refractivity contribution in [2.75, 3.05) is 11.9 Å². The Morgan fingerprint density at radius 2 is 2.20 bits per heavy atom. The Kier molecular flexibility index (Phi) is 4.04. The highest BCUT2D eigenvalue weighted by atomic mass is 16.2. The molecule has 1 unspecified atom stereocenters. The summed E-state index contributed by atoms with van der Waals surface area (Å²) in [6.07, 6.45) is 0.933. The SMILES string of the molecule is CCCN1C(=O)CC(Nc2cc(C#N)ccc2C)C1=O. The van der Waals surface area contributed by atoms with Crippen LogP contribution in [0.15, 0.2) is 18.2 Å². The molecular weight excluding hydrogens is 254 g/mol.